The summed E-state index contributed by atoms with van der Waals surface area (Å²) in [4.78, 5) is 4.41. The Morgan fingerprint density at radius 2 is 2.15 bits per heavy atom. The quantitative estimate of drug-likeness (QED) is 0.895. The van der Waals surface area contributed by atoms with Crippen molar-refractivity contribution in [2.45, 2.75) is 45.6 Å². The van der Waals surface area contributed by atoms with Crippen molar-refractivity contribution in [2.24, 2.45) is 0 Å². The minimum Gasteiger partial charge on any atom is -0.439 e. The van der Waals surface area contributed by atoms with Crippen molar-refractivity contribution < 1.29 is 4.42 Å². The molecule has 1 aromatic heterocycles. The third kappa shape index (κ3) is 2.63. The normalized spacial score (nSPS) is 15.3. The van der Waals surface area contributed by atoms with Gasteiger partial charge in [0.15, 0.2) is 5.76 Å². The van der Waals surface area contributed by atoms with Gasteiger partial charge in [-0.25, -0.2) is 4.98 Å². The van der Waals surface area contributed by atoms with Crippen molar-refractivity contribution in [3.63, 3.8) is 0 Å². The first-order chi connectivity index (χ1) is 9.78. The Bertz CT molecular complexity index is 588. The second-order valence-electron chi connectivity index (χ2n) is 5.58. The number of aromatic nitrogens is 1. The van der Waals surface area contributed by atoms with Gasteiger partial charge in [0.05, 0.1) is 12.2 Å². The Labute approximate surface area is 120 Å². The summed E-state index contributed by atoms with van der Waals surface area (Å²) in [6.07, 6.45) is 6.64. The van der Waals surface area contributed by atoms with Gasteiger partial charge in [-0.05, 0) is 56.3 Å². The summed E-state index contributed by atoms with van der Waals surface area (Å²) in [5, 5.41) is 3.40. The lowest BCUT2D eigenvalue weighted by Gasteiger charge is -2.08. The van der Waals surface area contributed by atoms with E-state index in [-0.39, 0.29) is 6.04 Å². The molecule has 1 N–H and O–H groups in total. The maximum Gasteiger partial charge on any atom is 0.211 e. The number of rotatable bonds is 5. The van der Waals surface area contributed by atoms with Crippen molar-refractivity contribution >= 4 is 0 Å². The molecule has 106 valence electrons. The molecule has 0 bridgehead atoms. The zero-order valence-corrected chi connectivity index (χ0v) is 12.3. The molecule has 2 aromatic rings. The van der Waals surface area contributed by atoms with Gasteiger partial charge in [0.25, 0.3) is 0 Å². The predicted molar refractivity (Wildman–Crippen MR) is 80.7 cm³/mol. The lowest BCUT2D eigenvalue weighted by molar-refractivity contribution is 0.423. The molecule has 3 rings (SSSR count). The van der Waals surface area contributed by atoms with Gasteiger partial charge in [0.2, 0.25) is 5.89 Å². The van der Waals surface area contributed by atoms with Gasteiger partial charge < -0.3 is 9.73 Å². The standard InChI is InChI=1S/C17H22N2O/c1-3-9-18-12(2)17-19-11-16(20-17)15-8-7-13-5-4-6-14(13)10-15/h7-8,10-12,18H,3-6,9H2,1-2H3. The van der Waals surface area contributed by atoms with Crippen LogP contribution in [0.4, 0.5) is 0 Å². The zero-order chi connectivity index (χ0) is 13.9. The minimum absolute atomic E-state index is 0.165. The number of benzene rings is 1. The van der Waals surface area contributed by atoms with Crippen molar-refractivity contribution in [3.8, 4) is 11.3 Å². The van der Waals surface area contributed by atoms with E-state index in [9.17, 15) is 0 Å². The van der Waals surface area contributed by atoms with Gasteiger partial charge in [-0.3, -0.25) is 0 Å². The van der Waals surface area contributed by atoms with Gasteiger partial charge in [-0.2, -0.15) is 0 Å². The fourth-order valence-corrected chi connectivity index (χ4v) is 2.79. The van der Waals surface area contributed by atoms with Crippen LogP contribution >= 0.6 is 0 Å². The van der Waals surface area contributed by atoms with Gasteiger partial charge in [0.1, 0.15) is 0 Å². The van der Waals surface area contributed by atoms with Crippen LogP contribution < -0.4 is 5.32 Å². The highest BCUT2D eigenvalue weighted by atomic mass is 16.4. The van der Waals surface area contributed by atoms with Crippen LogP contribution in [0.25, 0.3) is 11.3 Å². The monoisotopic (exact) mass is 270 g/mol. The summed E-state index contributed by atoms with van der Waals surface area (Å²) >= 11 is 0. The van der Waals surface area contributed by atoms with Gasteiger partial charge in [-0.15, -0.1) is 0 Å². The van der Waals surface area contributed by atoms with Crippen LogP contribution in [0.1, 0.15) is 49.7 Å². The Kier molecular flexibility index (Phi) is 3.88. The lowest BCUT2D eigenvalue weighted by Crippen LogP contribution is -2.19. The Morgan fingerprint density at radius 1 is 1.30 bits per heavy atom. The van der Waals surface area contributed by atoms with Crippen molar-refractivity contribution in [3.05, 3.63) is 41.4 Å². The van der Waals surface area contributed by atoms with Crippen molar-refractivity contribution in [1.82, 2.24) is 10.3 Å². The highest BCUT2D eigenvalue weighted by Crippen LogP contribution is 2.29. The average molecular weight is 270 g/mol. The molecule has 3 nitrogen and oxygen atoms in total. The molecular weight excluding hydrogens is 248 g/mol. The van der Waals surface area contributed by atoms with Crippen LogP contribution in [-0.4, -0.2) is 11.5 Å². The first-order valence-electron chi connectivity index (χ1n) is 7.59. The summed E-state index contributed by atoms with van der Waals surface area (Å²) in [7, 11) is 0. The van der Waals surface area contributed by atoms with E-state index in [2.05, 4.69) is 42.3 Å². The molecule has 1 aliphatic carbocycles. The minimum atomic E-state index is 0.165. The zero-order valence-electron chi connectivity index (χ0n) is 12.3. The third-order valence-corrected chi connectivity index (χ3v) is 3.98. The molecule has 0 aliphatic heterocycles. The number of hydrogen-bond donors (Lipinski definition) is 1. The number of hydrogen-bond acceptors (Lipinski definition) is 3. The van der Waals surface area contributed by atoms with Gasteiger partial charge >= 0.3 is 0 Å². The molecule has 0 amide bonds. The molecule has 20 heavy (non-hydrogen) atoms. The summed E-state index contributed by atoms with van der Waals surface area (Å²) in [5.74, 6) is 1.65. The molecule has 0 spiro atoms. The molecule has 0 fully saturated rings. The topological polar surface area (TPSA) is 38.1 Å². The third-order valence-electron chi connectivity index (χ3n) is 3.98. The van der Waals surface area contributed by atoms with Gasteiger partial charge in [0, 0.05) is 5.56 Å². The van der Waals surface area contributed by atoms with E-state index in [4.69, 9.17) is 4.42 Å². The summed E-state index contributed by atoms with van der Waals surface area (Å²) in [6.45, 7) is 5.23. The van der Waals surface area contributed by atoms with Crippen LogP contribution in [0.3, 0.4) is 0 Å². The van der Waals surface area contributed by atoms with Crippen LogP contribution in [0, 0.1) is 0 Å². The molecule has 0 saturated carbocycles. The Balaban J connectivity index is 1.79. The predicted octanol–water partition coefficient (Wildman–Crippen LogP) is 3.89. The molecule has 0 saturated heterocycles. The first-order valence-corrected chi connectivity index (χ1v) is 7.59. The summed E-state index contributed by atoms with van der Waals surface area (Å²) in [5.41, 5.74) is 4.11. The summed E-state index contributed by atoms with van der Waals surface area (Å²) in [6, 6.07) is 6.81. The molecule has 1 heterocycles. The highest BCUT2D eigenvalue weighted by molar-refractivity contribution is 5.59. The summed E-state index contributed by atoms with van der Waals surface area (Å²) < 4.78 is 5.91. The fourth-order valence-electron chi connectivity index (χ4n) is 2.79. The number of aryl methyl sites for hydroxylation is 2. The van der Waals surface area contributed by atoms with Crippen LogP contribution in [0.5, 0.6) is 0 Å². The molecule has 1 atom stereocenters. The largest absolute Gasteiger partial charge is 0.439 e. The number of fused-ring (bicyclic) bond motifs is 1. The highest BCUT2D eigenvalue weighted by Gasteiger charge is 2.15. The first kappa shape index (κ1) is 13.4. The molecule has 3 heteroatoms. The second-order valence-corrected chi connectivity index (χ2v) is 5.58. The SMILES string of the molecule is CCCNC(C)c1ncc(-c2ccc3c(c2)CCC3)o1. The number of nitrogens with zero attached hydrogens (tertiary/aromatic N) is 1. The van der Waals surface area contributed by atoms with E-state index in [1.54, 1.807) is 0 Å². The number of nitrogens with one attached hydrogen (secondary N) is 1. The van der Waals surface area contributed by atoms with Crippen LogP contribution in [0.15, 0.2) is 28.8 Å². The molecule has 1 aromatic carbocycles. The van der Waals surface area contributed by atoms with Crippen LogP contribution in [0.2, 0.25) is 0 Å². The fraction of sp³-hybridized carbons (Fsp3) is 0.471. The maximum atomic E-state index is 5.91. The maximum absolute atomic E-state index is 5.91. The van der Waals surface area contributed by atoms with E-state index in [0.29, 0.717) is 0 Å². The molecule has 1 unspecified atom stereocenters. The molecular formula is C17H22N2O. The van der Waals surface area contributed by atoms with E-state index in [0.717, 1.165) is 30.2 Å². The molecule has 1 aliphatic rings. The molecule has 0 radical (unpaired) electrons. The Morgan fingerprint density at radius 3 is 3.00 bits per heavy atom. The lowest BCUT2D eigenvalue weighted by atomic mass is 10.1. The van der Waals surface area contributed by atoms with Crippen molar-refractivity contribution in [1.29, 1.82) is 0 Å². The van der Waals surface area contributed by atoms with Crippen LogP contribution in [-0.2, 0) is 12.8 Å². The van der Waals surface area contributed by atoms with Gasteiger partial charge in [-0.1, -0.05) is 19.1 Å². The smallest absolute Gasteiger partial charge is 0.211 e. The Hall–Kier alpha value is -1.61. The average Bonchev–Trinajstić information content (AvgIpc) is 3.12. The number of oxazole rings is 1. The van der Waals surface area contributed by atoms with E-state index < -0.39 is 0 Å². The van der Waals surface area contributed by atoms with Crippen molar-refractivity contribution in [2.75, 3.05) is 6.54 Å². The van der Waals surface area contributed by atoms with E-state index >= 15 is 0 Å². The van der Waals surface area contributed by atoms with E-state index in [1.807, 2.05) is 6.20 Å². The second kappa shape index (κ2) is 5.80. The van der Waals surface area contributed by atoms with E-state index in [1.165, 1.54) is 30.4 Å².